The Balaban J connectivity index is 1.92. The Labute approximate surface area is 177 Å². The van der Waals surface area contributed by atoms with Crippen LogP contribution in [0, 0.1) is 0 Å². The molecular formula is C22H38N4O2S. The van der Waals surface area contributed by atoms with E-state index in [4.69, 9.17) is 0 Å². The molecule has 1 saturated carbocycles. The van der Waals surface area contributed by atoms with Crippen LogP contribution in [0.2, 0.25) is 0 Å². The van der Waals surface area contributed by atoms with Crippen LogP contribution in [0.5, 0.6) is 0 Å². The van der Waals surface area contributed by atoms with E-state index in [-0.39, 0.29) is 11.8 Å². The molecule has 0 radical (unpaired) electrons. The summed E-state index contributed by atoms with van der Waals surface area (Å²) in [5, 5.41) is 6.53. The number of benzene rings is 1. The molecule has 1 aromatic rings. The third-order valence-corrected chi connectivity index (χ3v) is 6.51. The molecule has 0 amide bonds. The zero-order chi connectivity index (χ0) is 21.3. The molecule has 1 aliphatic carbocycles. The van der Waals surface area contributed by atoms with Crippen LogP contribution < -0.4 is 15.5 Å². The number of nitrogens with zero attached hydrogens (tertiary/aromatic N) is 2. The van der Waals surface area contributed by atoms with Gasteiger partial charge in [-0.05, 0) is 50.8 Å². The normalized spacial score (nSPS) is 17.0. The molecule has 0 spiro atoms. The van der Waals surface area contributed by atoms with Gasteiger partial charge in [0.05, 0.1) is 12.3 Å². The van der Waals surface area contributed by atoms with Crippen molar-refractivity contribution in [2.75, 3.05) is 30.5 Å². The first-order valence-corrected chi connectivity index (χ1v) is 12.9. The second-order valence-corrected chi connectivity index (χ2v) is 10.5. The van der Waals surface area contributed by atoms with Crippen LogP contribution in [0.15, 0.2) is 29.3 Å². The fourth-order valence-corrected chi connectivity index (χ4v) is 4.48. The molecule has 0 heterocycles. The molecule has 2 N–H and O–H groups in total. The van der Waals surface area contributed by atoms with Crippen molar-refractivity contribution in [3.63, 3.8) is 0 Å². The van der Waals surface area contributed by atoms with Gasteiger partial charge in [0.1, 0.15) is 9.84 Å². The van der Waals surface area contributed by atoms with Crippen LogP contribution in [0.1, 0.15) is 57.9 Å². The highest BCUT2D eigenvalue weighted by atomic mass is 32.2. The Morgan fingerprint density at radius 3 is 2.45 bits per heavy atom. The van der Waals surface area contributed by atoms with Crippen LogP contribution in [0.3, 0.4) is 0 Å². The predicted molar refractivity (Wildman–Crippen MR) is 123 cm³/mol. The summed E-state index contributed by atoms with van der Waals surface area (Å²) in [5.41, 5.74) is 2.43. The number of nitrogens with one attached hydrogen (secondary N) is 2. The van der Waals surface area contributed by atoms with Crippen LogP contribution in [0.25, 0.3) is 0 Å². The maximum absolute atomic E-state index is 11.4. The largest absolute Gasteiger partial charge is 0.372 e. The van der Waals surface area contributed by atoms with Gasteiger partial charge < -0.3 is 15.5 Å². The first-order chi connectivity index (χ1) is 13.8. The molecule has 1 aliphatic rings. The van der Waals surface area contributed by atoms with E-state index in [0.29, 0.717) is 19.0 Å². The van der Waals surface area contributed by atoms with E-state index in [1.165, 1.54) is 44.0 Å². The first-order valence-electron chi connectivity index (χ1n) is 10.8. The number of hydrogen-bond acceptors (Lipinski definition) is 4. The maximum atomic E-state index is 11.4. The van der Waals surface area contributed by atoms with Crippen LogP contribution in [-0.4, -0.2) is 52.1 Å². The van der Waals surface area contributed by atoms with E-state index in [1.54, 1.807) is 0 Å². The molecule has 0 saturated heterocycles. The predicted octanol–water partition coefficient (Wildman–Crippen LogP) is 3.33. The third-order valence-electron chi connectivity index (χ3n) is 5.53. The lowest BCUT2D eigenvalue weighted by Gasteiger charge is -2.33. The summed E-state index contributed by atoms with van der Waals surface area (Å²) in [6.07, 6.45) is 8.46. The van der Waals surface area contributed by atoms with E-state index >= 15 is 0 Å². The average Bonchev–Trinajstić information content (AvgIpc) is 2.71. The summed E-state index contributed by atoms with van der Waals surface area (Å²) in [6.45, 7) is 5.35. The van der Waals surface area contributed by atoms with E-state index in [2.05, 4.69) is 51.8 Å². The monoisotopic (exact) mass is 422 g/mol. The van der Waals surface area contributed by atoms with Crippen LogP contribution >= 0.6 is 0 Å². The number of rotatable bonds is 9. The van der Waals surface area contributed by atoms with Gasteiger partial charge in [-0.3, -0.25) is 0 Å². The van der Waals surface area contributed by atoms with Gasteiger partial charge in [0.25, 0.3) is 0 Å². The lowest BCUT2D eigenvalue weighted by Crippen LogP contribution is -2.42. The van der Waals surface area contributed by atoms with Gasteiger partial charge in [0.15, 0.2) is 5.96 Å². The number of sulfone groups is 1. The molecule has 0 aromatic heterocycles. The molecule has 164 valence electrons. The maximum Gasteiger partial charge on any atom is 0.191 e. The molecular weight excluding hydrogens is 384 g/mol. The molecule has 6 nitrogen and oxygen atoms in total. The minimum absolute atomic E-state index is 0.0362. The number of anilines is 1. The summed E-state index contributed by atoms with van der Waals surface area (Å²) in [5.74, 6) is 0.896. The van der Waals surface area contributed by atoms with Crippen molar-refractivity contribution in [3.8, 4) is 0 Å². The summed E-state index contributed by atoms with van der Waals surface area (Å²) < 4.78 is 22.7. The van der Waals surface area contributed by atoms with Gasteiger partial charge in [-0.15, -0.1) is 0 Å². The molecule has 0 aliphatic heterocycles. The fraction of sp³-hybridized carbons (Fsp3) is 0.682. The zero-order valence-electron chi connectivity index (χ0n) is 18.4. The van der Waals surface area contributed by atoms with Crippen molar-refractivity contribution in [3.05, 3.63) is 29.8 Å². The third kappa shape index (κ3) is 8.64. The van der Waals surface area contributed by atoms with Gasteiger partial charge in [-0.1, -0.05) is 31.4 Å². The lowest BCUT2D eigenvalue weighted by atomic mass is 9.94. The van der Waals surface area contributed by atoms with E-state index < -0.39 is 9.84 Å². The minimum Gasteiger partial charge on any atom is -0.372 e. The van der Waals surface area contributed by atoms with Crippen molar-refractivity contribution >= 4 is 21.5 Å². The molecule has 7 heteroatoms. The SMILES string of the molecule is CCNC(=NCc1ccc(N(C)C2CCCCC2)cc1)NC(C)CCS(C)(=O)=O. The standard InChI is InChI=1S/C22H38N4O2S/c1-5-23-22(25-18(2)15-16-29(4,27)28)24-17-19-11-13-21(14-12-19)26(3)20-9-7-6-8-10-20/h11-14,18,20H,5-10,15-17H2,1-4H3,(H2,23,24,25). The van der Waals surface area contributed by atoms with Crippen molar-refractivity contribution in [2.45, 2.75) is 71.0 Å². The lowest BCUT2D eigenvalue weighted by molar-refractivity contribution is 0.427. The van der Waals surface area contributed by atoms with Crippen molar-refractivity contribution in [1.82, 2.24) is 10.6 Å². The van der Waals surface area contributed by atoms with Gasteiger partial charge in [-0.2, -0.15) is 0 Å². The minimum atomic E-state index is -2.95. The van der Waals surface area contributed by atoms with Crippen molar-refractivity contribution < 1.29 is 8.42 Å². The second kappa shape index (κ2) is 11.4. The highest BCUT2D eigenvalue weighted by Gasteiger charge is 2.18. The molecule has 1 unspecified atom stereocenters. The van der Waals surface area contributed by atoms with Gasteiger partial charge in [0, 0.05) is 37.6 Å². The molecule has 1 aromatic carbocycles. The highest BCUT2D eigenvalue weighted by Crippen LogP contribution is 2.26. The van der Waals surface area contributed by atoms with Gasteiger partial charge in [-0.25, -0.2) is 13.4 Å². The quantitative estimate of drug-likeness (QED) is 0.472. The van der Waals surface area contributed by atoms with E-state index in [0.717, 1.165) is 18.1 Å². The Kier molecular flexibility index (Phi) is 9.27. The Morgan fingerprint density at radius 1 is 1.21 bits per heavy atom. The second-order valence-electron chi connectivity index (χ2n) is 8.23. The number of guanidine groups is 1. The molecule has 29 heavy (non-hydrogen) atoms. The Hall–Kier alpha value is -1.76. The first kappa shape index (κ1) is 23.5. The topological polar surface area (TPSA) is 73.8 Å². The summed E-state index contributed by atoms with van der Waals surface area (Å²) in [6, 6.07) is 9.37. The fourth-order valence-electron chi connectivity index (χ4n) is 3.70. The average molecular weight is 423 g/mol. The summed E-state index contributed by atoms with van der Waals surface area (Å²) in [7, 11) is -0.744. The smallest absolute Gasteiger partial charge is 0.191 e. The summed E-state index contributed by atoms with van der Waals surface area (Å²) in [4.78, 5) is 7.08. The van der Waals surface area contributed by atoms with Crippen molar-refractivity contribution in [2.24, 2.45) is 4.99 Å². The Morgan fingerprint density at radius 2 is 1.86 bits per heavy atom. The Bertz CT molecular complexity index is 741. The number of aliphatic imine (C=N–C) groups is 1. The van der Waals surface area contributed by atoms with E-state index in [9.17, 15) is 8.42 Å². The van der Waals surface area contributed by atoms with Gasteiger partial charge >= 0.3 is 0 Å². The molecule has 0 bridgehead atoms. The molecule has 2 rings (SSSR count). The van der Waals surface area contributed by atoms with Gasteiger partial charge in [0.2, 0.25) is 0 Å². The van der Waals surface area contributed by atoms with Crippen LogP contribution in [-0.2, 0) is 16.4 Å². The molecule has 1 atom stereocenters. The van der Waals surface area contributed by atoms with Crippen LogP contribution in [0.4, 0.5) is 5.69 Å². The van der Waals surface area contributed by atoms with Crippen molar-refractivity contribution in [1.29, 1.82) is 0 Å². The highest BCUT2D eigenvalue weighted by molar-refractivity contribution is 7.90. The number of hydrogen-bond donors (Lipinski definition) is 2. The van der Waals surface area contributed by atoms with E-state index in [1.807, 2.05) is 13.8 Å². The summed E-state index contributed by atoms with van der Waals surface area (Å²) >= 11 is 0. The molecule has 1 fully saturated rings. The zero-order valence-corrected chi connectivity index (χ0v) is 19.3.